The second-order valence-corrected chi connectivity index (χ2v) is 4.59. The molecule has 0 aliphatic rings. The standard InChI is InChI=1S/C16H16N2O/c1-2-13-7-8-15(19-13)16(17)12-6-5-11-4-3-9-18-14(11)10-12/h3-10,16H,2,17H2,1H3. The molecule has 3 nitrogen and oxygen atoms in total. The molecule has 3 aromatic rings. The van der Waals surface area contributed by atoms with Crippen LogP contribution >= 0.6 is 0 Å². The van der Waals surface area contributed by atoms with Crippen molar-refractivity contribution in [2.75, 3.05) is 0 Å². The van der Waals surface area contributed by atoms with Crippen molar-refractivity contribution in [3.05, 3.63) is 65.7 Å². The Morgan fingerprint density at radius 2 is 2.11 bits per heavy atom. The quantitative estimate of drug-likeness (QED) is 0.776. The predicted molar refractivity (Wildman–Crippen MR) is 75.9 cm³/mol. The van der Waals surface area contributed by atoms with Crippen LogP contribution in [0.15, 0.2) is 53.1 Å². The first-order chi connectivity index (χ1) is 9.28. The average Bonchev–Trinajstić information content (AvgIpc) is 2.95. The van der Waals surface area contributed by atoms with E-state index in [1.165, 1.54) is 0 Å². The molecule has 0 spiro atoms. The van der Waals surface area contributed by atoms with E-state index in [4.69, 9.17) is 10.2 Å². The lowest BCUT2D eigenvalue weighted by Gasteiger charge is -2.10. The number of furan rings is 1. The van der Waals surface area contributed by atoms with Crippen LogP contribution in [0.3, 0.4) is 0 Å². The number of aryl methyl sites for hydroxylation is 1. The normalized spacial score (nSPS) is 12.7. The third kappa shape index (κ3) is 2.25. The fourth-order valence-corrected chi connectivity index (χ4v) is 2.19. The summed E-state index contributed by atoms with van der Waals surface area (Å²) in [5, 5.41) is 1.12. The van der Waals surface area contributed by atoms with Crippen molar-refractivity contribution in [1.29, 1.82) is 0 Å². The van der Waals surface area contributed by atoms with Gasteiger partial charge in [0.05, 0.1) is 11.6 Å². The zero-order chi connectivity index (χ0) is 13.2. The first kappa shape index (κ1) is 11.9. The van der Waals surface area contributed by atoms with Crippen LogP contribution in [0.5, 0.6) is 0 Å². The lowest BCUT2D eigenvalue weighted by atomic mass is 10.0. The minimum absolute atomic E-state index is 0.244. The fourth-order valence-electron chi connectivity index (χ4n) is 2.19. The molecule has 1 aromatic carbocycles. The molecule has 19 heavy (non-hydrogen) atoms. The Kier molecular flexibility index (Phi) is 3.05. The summed E-state index contributed by atoms with van der Waals surface area (Å²) >= 11 is 0. The van der Waals surface area contributed by atoms with Crippen molar-refractivity contribution < 1.29 is 4.42 Å². The largest absolute Gasteiger partial charge is 0.464 e. The van der Waals surface area contributed by atoms with Gasteiger partial charge >= 0.3 is 0 Å². The maximum absolute atomic E-state index is 6.25. The summed E-state index contributed by atoms with van der Waals surface area (Å²) in [6.07, 6.45) is 2.67. The molecule has 0 aliphatic carbocycles. The second kappa shape index (κ2) is 4.86. The van der Waals surface area contributed by atoms with Gasteiger partial charge < -0.3 is 10.2 Å². The first-order valence-corrected chi connectivity index (χ1v) is 6.47. The Bertz CT molecular complexity index is 703. The Hall–Kier alpha value is -2.13. The van der Waals surface area contributed by atoms with Gasteiger partial charge in [-0.25, -0.2) is 0 Å². The minimum Gasteiger partial charge on any atom is -0.464 e. The van der Waals surface area contributed by atoms with Crippen molar-refractivity contribution in [2.24, 2.45) is 5.73 Å². The molecule has 0 bridgehead atoms. The van der Waals surface area contributed by atoms with E-state index >= 15 is 0 Å². The summed E-state index contributed by atoms with van der Waals surface area (Å²) in [4.78, 5) is 4.35. The molecule has 3 heteroatoms. The maximum atomic E-state index is 6.25. The predicted octanol–water partition coefficient (Wildman–Crippen LogP) is 3.44. The van der Waals surface area contributed by atoms with Crippen molar-refractivity contribution in [3.63, 3.8) is 0 Å². The second-order valence-electron chi connectivity index (χ2n) is 4.59. The van der Waals surface area contributed by atoms with Crippen molar-refractivity contribution in [3.8, 4) is 0 Å². The number of hydrogen-bond acceptors (Lipinski definition) is 3. The average molecular weight is 252 g/mol. The van der Waals surface area contributed by atoms with Crippen molar-refractivity contribution >= 4 is 10.9 Å². The van der Waals surface area contributed by atoms with Gasteiger partial charge in [-0.3, -0.25) is 4.98 Å². The number of rotatable bonds is 3. The molecule has 96 valence electrons. The topological polar surface area (TPSA) is 52.0 Å². The van der Waals surface area contributed by atoms with Crippen LogP contribution in [0.2, 0.25) is 0 Å². The van der Waals surface area contributed by atoms with Gasteiger partial charge in [-0.15, -0.1) is 0 Å². The van der Waals surface area contributed by atoms with Gasteiger partial charge in [0.1, 0.15) is 11.5 Å². The summed E-state index contributed by atoms with van der Waals surface area (Å²) in [6, 6.07) is 13.8. The molecule has 3 rings (SSSR count). The molecule has 0 fully saturated rings. The highest BCUT2D eigenvalue weighted by atomic mass is 16.3. The molecule has 1 atom stereocenters. The monoisotopic (exact) mass is 252 g/mol. The van der Waals surface area contributed by atoms with E-state index in [9.17, 15) is 0 Å². The van der Waals surface area contributed by atoms with Gasteiger partial charge in [0.25, 0.3) is 0 Å². The lowest BCUT2D eigenvalue weighted by molar-refractivity contribution is 0.454. The van der Waals surface area contributed by atoms with Gasteiger partial charge in [-0.2, -0.15) is 0 Å². The van der Waals surface area contributed by atoms with Crippen LogP contribution in [-0.4, -0.2) is 4.98 Å². The third-order valence-electron chi connectivity index (χ3n) is 3.33. The molecule has 1 unspecified atom stereocenters. The van der Waals surface area contributed by atoms with E-state index in [0.717, 1.165) is 34.4 Å². The molecule has 2 aromatic heterocycles. The molecule has 0 aliphatic heterocycles. The van der Waals surface area contributed by atoms with Crippen molar-refractivity contribution in [1.82, 2.24) is 4.98 Å². The zero-order valence-electron chi connectivity index (χ0n) is 10.8. The first-order valence-electron chi connectivity index (χ1n) is 6.47. The van der Waals surface area contributed by atoms with E-state index in [1.54, 1.807) is 6.20 Å². The van der Waals surface area contributed by atoms with E-state index in [2.05, 4.69) is 11.9 Å². The van der Waals surface area contributed by atoms with E-state index < -0.39 is 0 Å². The molecule has 0 saturated carbocycles. The lowest BCUT2D eigenvalue weighted by Crippen LogP contribution is -2.10. The maximum Gasteiger partial charge on any atom is 0.125 e. The summed E-state index contributed by atoms with van der Waals surface area (Å²) < 4.78 is 5.72. The highest BCUT2D eigenvalue weighted by Gasteiger charge is 2.13. The summed E-state index contributed by atoms with van der Waals surface area (Å²) in [5.41, 5.74) is 8.23. The number of pyridine rings is 1. The number of benzene rings is 1. The highest BCUT2D eigenvalue weighted by molar-refractivity contribution is 5.79. The molecule has 2 heterocycles. The van der Waals surface area contributed by atoms with Crippen LogP contribution in [0.25, 0.3) is 10.9 Å². The van der Waals surface area contributed by atoms with Crippen LogP contribution in [0.4, 0.5) is 0 Å². The number of hydrogen-bond donors (Lipinski definition) is 1. The Morgan fingerprint density at radius 3 is 2.89 bits per heavy atom. The summed E-state index contributed by atoms with van der Waals surface area (Å²) in [6.45, 7) is 2.06. The molecular weight excluding hydrogens is 236 g/mol. The summed E-state index contributed by atoms with van der Waals surface area (Å²) in [7, 11) is 0. The number of fused-ring (bicyclic) bond motifs is 1. The SMILES string of the molecule is CCc1ccc(C(N)c2ccc3cccnc3c2)o1. The fraction of sp³-hybridized carbons (Fsp3) is 0.188. The minimum atomic E-state index is -0.244. The third-order valence-corrected chi connectivity index (χ3v) is 3.33. The summed E-state index contributed by atoms with van der Waals surface area (Å²) in [5.74, 6) is 1.76. The van der Waals surface area contributed by atoms with Gasteiger partial charge in [-0.1, -0.05) is 25.1 Å². The molecular formula is C16H16N2O. The smallest absolute Gasteiger partial charge is 0.125 e. The Labute approximate surface area is 112 Å². The van der Waals surface area contributed by atoms with Crippen LogP contribution in [0, 0.1) is 0 Å². The molecule has 0 radical (unpaired) electrons. The number of nitrogens with zero attached hydrogens (tertiary/aromatic N) is 1. The molecule has 2 N–H and O–H groups in total. The Morgan fingerprint density at radius 1 is 1.21 bits per heavy atom. The van der Waals surface area contributed by atoms with Gasteiger partial charge in [0, 0.05) is 18.0 Å². The van der Waals surface area contributed by atoms with Crippen molar-refractivity contribution in [2.45, 2.75) is 19.4 Å². The van der Waals surface area contributed by atoms with E-state index in [1.807, 2.05) is 42.5 Å². The van der Waals surface area contributed by atoms with E-state index in [0.29, 0.717) is 0 Å². The Balaban J connectivity index is 1.98. The van der Waals surface area contributed by atoms with Gasteiger partial charge in [0.2, 0.25) is 0 Å². The van der Waals surface area contributed by atoms with E-state index in [-0.39, 0.29) is 6.04 Å². The van der Waals surface area contributed by atoms with Crippen LogP contribution < -0.4 is 5.73 Å². The van der Waals surface area contributed by atoms with Crippen LogP contribution in [0.1, 0.15) is 30.0 Å². The van der Waals surface area contributed by atoms with Crippen LogP contribution in [-0.2, 0) is 6.42 Å². The number of aromatic nitrogens is 1. The molecule has 0 saturated heterocycles. The highest BCUT2D eigenvalue weighted by Crippen LogP contribution is 2.24. The van der Waals surface area contributed by atoms with Gasteiger partial charge in [0.15, 0.2) is 0 Å². The van der Waals surface area contributed by atoms with Gasteiger partial charge in [-0.05, 0) is 29.8 Å². The molecule has 0 amide bonds. The number of nitrogens with two attached hydrogens (primary N) is 1. The zero-order valence-corrected chi connectivity index (χ0v) is 10.8.